The third kappa shape index (κ3) is 10.3. The van der Waals surface area contributed by atoms with Crippen molar-refractivity contribution in [1.82, 2.24) is 0 Å². The van der Waals surface area contributed by atoms with Gasteiger partial charge in [0.2, 0.25) is 0 Å². The monoisotopic (exact) mass is 210 g/mol. The van der Waals surface area contributed by atoms with Crippen LogP contribution in [-0.2, 0) is 4.74 Å². The topological polar surface area (TPSA) is 49.7 Å². The van der Waals surface area contributed by atoms with Gasteiger partial charge in [-0.15, -0.1) is 0 Å². The van der Waals surface area contributed by atoms with Crippen LogP contribution in [0.5, 0.6) is 0 Å². The molecule has 0 aromatic heterocycles. The number of hydrogen-bond donors (Lipinski definition) is 2. The van der Waals surface area contributed by atoms with E-state index in [4.69, 9.17) is 10.2 Å². The first-order valence-corrected chi connectivity index (χ1v) is 6.02. The molecule has 0 fully saturated rings. The van der Waals surface area contributed by atoms with Gasteiger partial charge in [0.25, 0.3) is 0 Å². The molecular weight excluding hydrogens is 196 g/mol. The molecule has 0 saturated heterocycles. The normalized spacial score (nSPS) is 14.2. The van der Waals surface area contributed by atoms with E-state index in [1.165, 1.54) is 5.75 Å². The first-order chi connectivity index (χ1) is 5.91. The highest BCUT2D eigenvalue weighted by molar-refractivity contribution is 8.78. The van der Waals surface area contributed by atoms with Crippen LogP contribution in [0.1, 0.15) is 0 Å². The summed E-state index contributed by atoms with van der Waals surface area (Å²) >= 11 is 0. The lowest BCUT2D eigenvalue weighted by Gasteiger charge is -1.94. The summed E-state index contributed by atoms with van der Waals surface area (Å²) in [6.07, 6.45) is 2.16. The van der Waals surface area contributed by atoms with Crippen LogP contribution in [0.3, 0.4) is 0 Å². The Bertz CT molecular complexity index is 98.8. The van der Waals surface area contributed by atoms with Crippen LogP contribution in [0.15, 0.2) is 11.5 Å². The third-order valence-corrected chi connectivity index (χ3v) is 2.77. The van der Waals surface area contributed by atoms with Gasteiger partial charge in [-0.25, -0.2) is 0 Å². The van der Waals surface area contributed by atoms with Crippen LogP contribution in [-0.4, -0.2) is 42.4 Å². The highest BCUT2D eigenvalue weighted by Crippen LogP contribution is 2.27. The summed E-state index contributed by atoms with van der Waals surface area (Å²) in [5.41, 5.74) is 0. The fourth-order valence-corrected chi connectivity index (χ4v) is 2.00. The van der Waals surface area contributed by atoms with Crippen LogP contribution >= 0.6 is 21.6 Å². The molecule has 5 heteroatoms. The molecule has 0 unspecified atom stereocenters. The third-order valence-electron chi connectivity index (χ3n) is 0.855. The van der Waals surface area contributed by atoms with Crippen molar-refractivity contribution in [3.05, 3.63) is 11.5 Å². The van der Waals surface area contributed by atoms with Gasteiger partial charge in [0.15, 0.2) is 0 Å². The zero-order valence-electron chi connectivity index (χ0n) is 6.81. The summed E-state index contributed by atoms with van der Waals surface area (Å²) in [5.74, 6) is 1.20. The van der Waals surface area contributed by atoms with E-state index < -0.39 is 0 Å². The molecule has 2 N–H and O–H groups in total. The van der Waals surface area contributed by atoms with Crippen LogP contribution in [0, 0.1) is 0 Å². The van der Waals surface area contributed by atoms with E-state index in [2.05, 4.69) is 16.2 Å². The van der Waals surface area contributed by atoms with Gasteiger partial charge in [-0.05, 0) is 5.41 Å². The van der Waals surface area contributed by atoms with Crippen LogP contribution < -0.4 is 0 Å². The Balaban J connectivity index is 0.000000211. The Kier molecular flexibility index (Phi) is 11.6. The van der Waals surface area contributed by atoms with Gasteiger partial charge in [0.1, 0.15) is 0 Å². The Labute approximate surface area is 80.6 Å². The summed E-state index contributed by atoms with van der Waals surface area (Å²) in [4.78, 5) is 0. The lowest BCUT2D eigenvalue weighted by atomic mass is 10.7. The highest BCUT2D eigenvalue weighted by Gasteiger charge is 1.85. The second-order valence-electron chi connectivity index (χ2n) is 1.81. The fraction of sp³-hybridized carbons (Fsp3) is 0.714. The van der Waals surface area contributed by atoms with E-state index >= 15 is 0 Å². The van der Waals surface area contributed by atoms with Gasteiger partial charge in [-0.3, -0.25) is 0 Å². The minimum Gasteiger partial charge on any atom is -0.394 e. The van der Waals surface area contributed by atoms with Gasteiger partial charge in [0.05, 0.1) is 26.4 Å². The van der Waals surface area contributed by atoms with Crippen LogP contribution in [0.2, 0.25) is 0 Å². The zero-order valence-corrected chi connectivity index (χ0v) is 8.44. The minimum absolute atomic E-state index is 0.0278. The van der Waals surface area contributed by atoms with E-state index in [1.807, 2.05) is 21.6 Å². The summed E-state index contributed by atoms with van der Waals surface area (Å²) in [5, 5.41) is 18.3. The second kappa shape index (κ2) is 11.3. The summed E-state index contributed by atoms with van der Waals surface area (Å²) in [6.45, 7) is 0.696. The maximum absolute atomic E-state index is 8.09. The SMILES string of the molecule is C1=CSSC1.OCCOCCO. The predicted molar refractivity (Wildman–Crippen MR) is 54.2 cm³/mol. The van der Waals surface area contributed by atoms with E-state index in [0.717, 1.165) is 0 Å². The van der Waals surface area contributed by atoms with Gasteiger partial charge in [-0.1, -0.05) is 27.7 Å². The first-order valence-electron chi connectivity index (χ1n) is 3.64. The molecule has 0 saturated carbocycles. The standard InChI is InChI=1S/C4H10O3.C3H4S2/c5-1-3-7-4-2-6;1-2-4-5-3-1/h5-6H,1-4H2;1-2H,3H2. The van der Waals surface area contributed by atoms with E-state index in [0.29, 0.717) is 13.2 Å². The quantitative estimate of drug-likeness (QED) is 0.533. The van der Waals surface area contributed by atoms with Crippen molar-refractivity contribution < 1.29 is 14.9 Å². The number of rotatable bonds is 4. The largest absolute Gasteiger partial charge is 0.394 e. The molecule has 0 aliphatic carbocycles. The van der Waals surface area contributed by atoms with Gasteiger partial charge < -0.3 is 14.9 Å². The molecule has 0 amide bonds. The molecule has 72 valence electrons. The molecule has 3 nitrogen and oxygen atoms in total. The van der Waals surface area contributed by atoms with Crippen LogP contribution in [0.25, 0.3) is 0 Å². The van der Waals surface area contributed by atoms with Crippen molar-refractivity contribution in [1.29, 1.82) is 0 Å². The molecule has 0 radical (unpaired) electrons. The molecule has 0 aromatic carbocycles. The van der Waals surface area contributed by atoms with Crippen molar-refractivity contribution >= 4 is 21.6 Å². The maximum Gasteiger partial charge on any atom is 0.0698 e. The van der Waals surface area contributed by atoms with Crippen molar-refractivity contribution in [2.75, 3.05) is 32.2 Å². The maximum atomic E-state index is 8.09. The number of aliphatic hydroxyl groups excluding tert-OH is 2. The summed E-state index contributed by atoms with van der Waals surface area (Å²) in [7, 11) is 3.69. The zero-order chi connectivity index (χ0) is 9.07. The molecule has 1 heterocycles. The predicted octanol–water partition coefficient (Wildman–Crippen LogP) is 0.883. The average molecular weight is 210 g/mol. The summed E-state index contributed by atoms with van der Waals surface area (Å²) < 4.78 is 4.63. The molecule has 1 rings (SSSR count). The Hall–Kier alpha value is 0.320. The van der Waals surface area contributed by atoms with Gasteiger partial charge in [-0.2, -0.15) is 0 Å². The van der Waals surface area contributed by atoms with E-state index in [9.17, 15) is 0 Å². The number of aliphatic hydroxyl groups is 2. The van der Waals surface area contributed by atoms with Crippen molar-refractivity contribution in [3.63, 3.8) is 0 Å². The molecule has 0 aromatic rings. The minimum atomic E-state index is 0.0278. The molecule has 1 aliphatic heterocycles. The molecule has 0 spiro atoms. The van der Waals surface area contributed by atoms with E-state index in [1.54, 1.807) is 0 Å². The Morgan fingerprint density at radius 3 is 2.17 bits per heavy atom. The fourth-order valence-electron chi connectivity index (χ4n) is 0.428. The molecular formula is C7H14O3S2. The summed E-state index contributed by atoms with van der Waals surface area (Å²) in [6, 6.07) is 0. The van der Waals surface area contributed by atoms with Crippen molar-refractivity contribution in [2.24, 2.45) is 0 Å². The molecule has 1 aliphatic rings. The van der Waals surface area contributed by atoms with Crippen molar-refractivity contribution in [2.45, 2.75) is 0 Å². The van der Waals surface area contributed by atoms with Gasteiger partial charge >= 0.3 is 0 Å². The van der Waals surface area contributed by atoms with Crippen molar-refractivity contribution in [3.8, 4) is 0 Å². The Morgan fingerprint density at radius 1 is 1.25 bits per heavy atom. The second-order valence-corrected chi connectivity index (χ2v) is 4.13. The smallest absolute Gasteiger partial charge is 0.0698 e. The molecule has 12 heavy (non-hydrogen) atoms. The molecule has 0 atom stereocenters. The lowest BCUT2D eigenvalue weighted by molar-refractivity contribution is 0.0650. The number of hydrogen-bond acceptors (Lipinski definition) is 5. The first kappa shape index (κ1) is 12.3. The van der Waals surface area contributed by atoms with E-state index in [-0.39, 0.29) is 13.2 Å². The number of ether oxygens (including phenoxy) is 1. The average Bonchev–Trinajstić information content (AvgIpc) is 2.62. The van der Waals surface area contributed by atoms with Crippen LogP contribution in [0.4, 0.5) is 0 Å². The molecule has 0 bridgehead atoms. The Morgan fingerprint density at radius 2 is 1.92 bits per heavy atom. The van der Waals surface area contributed by atoms with Gasteiger partial charge in [0, 0.05) is 5.75 Å². The highest BCUT2D eigenvalue weighted by atomic mass is 33.1. The lowest BCUT2D eigenvalue weighted by Crippen LogP contribution is -2.03.